The van der Waals surface area contributed by atoms with Crippen LogP contribution in [0.5, 0.6) is 5.75 Å². The van der Waals surface area contributed by atoms with Crippen LogP contribution in [0.1, 0.15) is 0 Å². The first-order valence-electron chi connectivity index (χ1n) is 8.23. The Hall–Kier alpha value is -1.96. The number of ether oxygens (including phenoxy) is 1. The molecule has 2 amide bonds. The van der Waals surface area contributed by atoms with Crippen LogP contribution in [0.25, 0.3) is 0 Å². The molecule has 0 bridgehead atoms. The largest absolute Gasteiger partial charge is 0.497 e. The van der Waals surface area contributed by atoms with Crippen LogP contribution in [0, 0.1) is 0 Å². The van der Waals surface area contributed by atoms with E-state index >= 15 is 0 Å². The Balaban J connectivity index is 1.81. The molecule has 2 aromatic rings. The molecule has 2 saturated heterocycles. The summed E-state index contributed by atoms with van der Waals surface area (Å²) in [6, 6.07) is 10.6. The molecule has 0 N–H and O–H groups in total. The fourth-order valence-electron chi connectivity index (χ4n) is 3.70. The van der Waals surface area contributed by atoms with E-state index in [0.29, 0.717) is 27.2 Å². The SMILES string of the molecule is COc1cccc(N2C(=O)N(c3ccc(Cl)c(Cl)c3)[C@@H]3CS(=O)(=O)C[C@@H]32)c1. The van der Waals surface area contributed by atoms with Gasteiger partial charge in [-0.05, 0) is 30.3 Å². The predicted octanol–water partition coefficient (Wildman–Crippen LogP) is 3.61. The van der Waals surface area contributed by atoms with Gasteiger partial charge >= 0.3 is 6.03 Å². The van der Waals surface area contributed by atoms with Gasteiger partial charge in [-0.1, -0.05) is 29.3 Å². The standard InChI is InChI=1S/C18H16Cl2N2O4S/c1-26-13-4-2-3-11(7-13)21-16-9-27(24,25)10-17(16)22(18(21)23)12-5-6-14(19)15(20)8-12/h2-8,16-17H,9-10H2,1H3/t16-,17+/m0/s1. The van der Waals surface area contributed by atoms with Gasteiger partial charge in [-0.15, -0.1) is 0 Å². The highest BCUT2D eigenvalue weighted by Gasteiger charge is 2.54. The zero-order valence-corrected chi connectivity index (χ0v) is 16.6. The summed E-state index contributed by atoms with van der Waals surface area (Å²) < 4.78 is 29.9. The summed E-state index contributed by atoms with van der Waals surface area (Å²) in [6.45, 7) is 0. The summed E-state index contributed by atoms with van der Waals surface area (Å²) >= 11 is 12.1. The van der Waals surface area contributed by atoms with Gasteiger partial charge < -0.3 is 4.74 Å². The predicted molar refractivity (Wildman–Crippen MR) is 106 cm³/mol. The highest BCUT2D eigenvalue weighted by atomic mass is 35.5. The first-order valence-corrected chi connectivity index (χ1v) is 10.8. The number of amides is 2. The van der Waals surface area contributed by atoms with E-state index in [-0.39, 0.29) is 17.5 Å². The van der Waals surface area contributed by atoms with Crippen LogP contribution in [-0.2, 0) is 9.84 Å². The fourth-order valence-corrected chi connectivity index (χ4v) is 5.91. The van der Waals surface area contributed by atoms with Crippen molar-refractivity contribution in [3.05, 3.63) is 52.5 Å². The van der Waals surface area contributed by atoms with E-state index in [0.717, 1.165) is 0 Å². The normalized spacial score (nSPS) is 23.6. The van der Waals surface area contributed by atoms with Gasteiger partial charge in [-0.2, -0.15) is 0 Å². The molecular weight excluding hydrogens is 411 g/mol. The Morgan fingerprint density at radius 2 is 1.59 bits per heavy atom. The highest BCUT2D eigenvalue weighted by molar-refractivity contribution is 7.91. The number of benzene rings is 2. The Labute approximate surface area is 167 Å². The van der Waals surface area contributed by atoms with E-state index in [1.54, 1.807) is 42.5 Å². The van der Waals surface area contributed by atoms with Gasteiger partial charge in [0, 0.05) is 17.4 Å². The van der Waals surface area contributed by atoms with Gasteiger partial charge in [-0.25, -0.2) is 13.2 Å². The molecule has 2 heterocycles. The number of hydrogen-bond acceptors (Lipinski definition) is 4. The molecular formula is C18H16Cl2N2O4S. The molecule has 0 aliphatic carbocycles. The number of carbonyl (C=O) groups excluding carboxylic acids is 1. The van der Waals surface area contributed by atoms with Crippen LogP contribution >= 0.6 is 23.2 Å². The number of sulfone groups is 1. The lowest BCUT2D eigenvalue weighted by Gasteiger charge is -2.23. The Kier molecular flexibility index (Phi) is 4.49. The monoisotopic (exact) mass is 426 g/mol. The third-order valence-corrected chi connectivity index (χ3v) is 7.32. The number of fused-ring (bicyclic) bond motifs is 1. The third-order valence-electron chi connectivity index (χ3n) is 4.88. The molecule has 2 fully saturated rings. The lowest BCUT2D eigenvalue weighted by molar-refractivity contribution is 0.255. The summed E-state index contributed by atoms with van der Waals surface area (Å²) in [6.07, 6.45) is 0. The number of nitrogens with zero attached hydrogens (tertiary/aromatic N) is 2. The van der Waals surface area contributed by atoms with E-state index in [9.17, 15) is 13.2 Å². The quantitative estimate of drug-likeness (QED) is 0.702. The van der Waals surface area contributed by atoms with E-state index < -0.39 is 21.9 Å². The molecule has 2 aliphatic heterocycles. The Bertz CT molecular complexity index is 1030. The minimum Gasteiger partial charge on any atom is -0.497 e. The number of methoxy groups -OCH3 is 1. The number of rotatable bonds is 3. The van der Waals surface area contributed by atoms with Crippen LogP contribution in [-0.4, -0.2) is 45.1 Å². The maximum absolute atomic E-state index is 13.3. The summed E-state index contributed by atoms with van der Waals surface area (Å²) in [5, 5.41) is 0.673. The smallest absolute Gasteiger partial charge is 0.329 e. The first-order chi connectivity index (χ1) is 12.8. The number of anilines is 2. The summed E-state index contributed by atoms with van der Waals surface area (Å²) in [5.74, 6) is 0.411. The molecule has 0 radical (unpaired) electrons. The fraction of sp³-hybridized carbons (Fsp3) is 0.278. The van der Waals surface area contributed by atoms with Crippen molar-refractivity contribution in [3.63, 3.8) is 0 Å². The zero-order chi connectivity index (χ0) is 19.3. The summed E-state index contributed by atoms with van der Waals surface area (Å²) in [4.78, 5) is 16.3. The number of halogens is 2. The summed E-state index contributed by atoms with van der Waals surface area (Å²) in [5.41, 5.74) is 1.11. The molecule has 0 aromatic heterocycles. The van der Waals surface area contributed by atoms with Crippen LogP contribution in [0.15, 0.2) is 42.5 Å². The number of carbonyl (C=O) groups is 1. The second-order valence-electron chi connectivity index (χ2n) is 6.53. The molecule has 2 aromatic carbocycles. The van der Waals surface area contributed by atoms with Gasteiger partial charge in [0.2, 0.25) is 0 Å². The van der Waals surface area contributed by atoms with Crippen molar-refractivity contribution < 1.29 is 17.9 Å². The second-order valence-corrected chi connectivity index (χ2v) is 9.50. The van der Waals surface area contributed by atoms with E-state index in [2.05, 4.69) is 0 Å². The second kappa shape index (κ2) is 6.58. The topological polar surface area (TPSA) is 66.9 Å². The molecule has 9 heteroatoms. The zero-order valence-electron chi connectivity index (χ0n) is 14.3. The van der Waals surface area contributed by atoms with Crippen molar-refractivity contribution in [3.8, 4) is 5.75 Å². The highest BCUT2D eigenvalue weighted by Crippen LogP contribution is 2.40. The molecule has 6 nitrogen and oxygen atoms in total. The number of hydrogen-bond donors (Lipinski definition) is 0. The van der Waals surface area contributed by atoms with Gasteiger partial charge in [0.05, 0.1) is 40.7 Å². The van der Waals surface area contributed by atoms with Crippen LogP contribution in [0.4, 0.5) is 16.2 Å². The average Bonchev–Trinajstić information content (AvgIpc) is 3.06. The van der Waals surface area contributed by atoms with Gasteiger partial charge in [0.15, 0.2) is 9.84 Å². The Morgan fingerprint density at radius 3 is 2.19 bits per heavy atom. The lowest BCUT2D eigenvalue weighted by atomic mass is 10.1. The van der Waals surface area contributed by atoms with Crippen LogP contribution in [0.2, 0.25) is 10.0 Å². The van der Waals surface area contributed by atoms with Crippen molar-refractivity contribution in [1.29, 1.82) is 0 Å². The van der Waals surface area contributed by atoms with Crippen LogP contribution in [0.3, 0.4) is 0 Å². The van der Waals surface area contributed by atoms with Crippen molar-refractivity contribution in [2.45, 2.75) is 12.1 Å². The van der Waals surface area contributed by atoms with E-state index in [1.807, 2.05) is 0 Å². The van der Waals surface area contributed by atoms with E-state index in [1.165, 1.54) is 16.9 Å². The van der Waals surface area contributed by atoms with Crippen molar-refractivity contribution >= 4 is 50.4 Å². The molecule has 0 unspecified atom stereocenters. The molecule has 2 aliphatic rings. The molecule has 0 spiro atoms. The molecule has 0 saturated carbocycles. The van der Waals surface area contributed by atoms with Crippen molar-refractivity contribution in [1.82, 2.24) is 0 Å². The van der Waals surface area contributed by atoms with Crippen molar-refractivity contribution in [2.24, 2.45) is 0 Å². The maximum Gasteiger partial charge on any atom is 0.329 e. The van der Waals surface area contributed by atoms with Gasteiger partial charge in [-0.3, -0.25) is 9.80 Å². The lowest BCUT2D eigenvalue weighted by Crippen LogP contribution is -2.37. The van der Waals surface area contributed by atoms with Crippen LogP contribution < -0.4 is 14.5 Å². The third kappa shape index (κ3) is 3.13. The molecule has 2 atom stereocenters. The van der Waals surface area contributed by atoms with Gasteiger partial charge in [0.25, 0.3) is 0 Å². The molecule has 4 rings (SSSR count). The molecule has 27 heavy (non-hydrogen) atoms. The van der Waals surface area contributed by atoms with Crippen molar-refractivity contribution in [2.75, 3.05) is 28.4 Å². The molecule has 142 valence electrons. The van der Waals surface area contributed by atoms with E-state index in [4.69, 9.17) is 27.9 Å². The Morgan fingerprint density at radius 1 is 0.963 bits per heavy atom. The first kappa shape index (κ1) is 18.4. The summed E-state index contributed by atoms with van der Waals surface area (Å²) in [7, 11) is -1.73. The van der Waals surface area contributed by atoms with Gasteiger partial charge in [0.1, 0.15) is 5.75 Å². The minimum atomic E-state index is -3.27. The maximum atomic E-state index is 13.3. The minimum absolute atomic E-state index is 0.0849. The number of urea groups is 1. The average molecular weight is 427 g/mol.